The Bertz CT molecular complexity index is 1160. The Labute approximate surface area is 175 Å². The molecular weight excluding hydrogens is 434 g/mol. The summed E-state index contributed by atoms with van der Waals surface area (Å²) < 4.78 is 0.899. The summed E-state index contributed by atoms with van der Waals surface area (Å²) in [5, 5.41) is 20.6. The Kier molecular flexibility index (Phi) is 4.98. The van der Waals surface area contributed by atoms with Crippen molar-refractivity contribution < 1.29 is 14.7 Å². The van der Waals surface area contributed by atoms with Crippen LogP contribution in [0.5, 0.6) is 5.75 Å². The van der Waals surface area contributed by atoms with Gasteiger partial charge in [0.15, 0.2) is 0 Å². The van der Waals surface area contributed by atoms with Crippen LogP contribution >= 0.6 is 15.9 Å². The highest BCUT2D eigenvalue weighted by atomic mass is 79.9. The van der Waals surface area contributed by atoms with Crippen molar-refractivity contribution in [3.8, 4) is 5.75 Å². The van der Waals surface area contributed by atoms with Crippen molar-refractivity contribution in [3.05, 3.63) is 82.0 Å². The SMILES string of the molecule is CC1=C(C(=O)Nc2ccc(Br)cc2)[C@H](c2c(O)ccc3ccccc23)NC(=O)N1. The fourth-order valence-electron chi connectivity index (χ4n) is 3.53. The predicted molar refractivity (Wildman–Crippen MR) is 115 cm³/mol. The highest BCUT2D eigenvalue weighted by molar-refractivity contribution is 9.10. The quantitative estimate of drug-likeness (QED) is 0.469. The highest BCUT2D eigenvalue weighted by Gasteiger charge is 2.33. The van der Waals surface area contributed by atoms with Crippen molar-refractivity contribution in [2.45, 2.75) is 13.0 Å². The fourth-order valence-corrected chi connectivity index (χ4v) is 3.79. The molecule has 3 aromatic rings. The minimum atomic E-state index is -0.801. The lowest BCUT2D eigenvalue weighted by atomic mass is 9.90. The highest BCUT2D eigenvalue weighted by Crippen LogP contribution is 2.38. The van der Waals surface area contributed by atoms with E-state index in [1.165, 1.54) is 0 Å². The van der Waals surface area contributed by atoms with Gasteiger partial charge < -0.3 is 21.1 Å². The number of anilines is 1. The molecule has 7 heteroatoms. The molecule has 6 nitrogen and oxygen atoms in total. The third-order valence-electron chi connectivity index (χ3n) is 4.85. The number of aromatic hydroxyl groups is 1. The minimum absolute atomic E-state index is 0.0117. The molecule has 0 aromatic heterocycles. The van der Waals surface area contributed by atoms with Crippen LogP contribution in [0.2, 0.25) is 0 Å². The van der Waals surface area contributed by atoms with Crippen molar-refractivity contribution in [2.75, 3.05) is 5.32 Å². The first kappa shape index (κ1) is 19.0. The van der Waals surface area contributed by atoms with Gasteiger partial charge in [-0.05, 0) is 48.0 Å². The number of amides is 3. The van der Waals surface area contributed by atoms with E-state index in [0.717, 1.165) is 15.2 Å². The molecule has 0 unspecified atom stereocenters. The summed E-state index contributed by atoms with van der Waals surface area (Å²) in [6.45, 7) is 1.67. The summed E-state index contributed by atoms with van der Waals surface area (Å²) in [7, 11) is 0. The van der Waals surface area contributed by atoms with Crippen LogP contribution in [0, 0.1) is 0 Å². The van der Waals surface area contributed by atoms with Gasteiger partial charge in [0.25, 0.3) is 5.91 Å². The number of carbonyl (C=O) groups is 2. The van der Waals surface area contributed by atoms with Crippen molar-refractivity contribution in [2.24, 2.45) is 0 Å². The Morgan fingerprint density at radius 1 is 1.07 bits per heavy atom. The van der Waals surface area contributed by atoms with Crippen LogP contribution in [0.4, 0.5) is 10.5 Å². The number of fused-ring (bicyclic) bond motifs is 1. The molecule has 0 radical (unpaired) electrons. The number of halogens is 1. The van der Waals surface area contributed by atoms with Crippen LogP contribution < -0.4 is 16.0 Å². The molecule has 4 N–H and O–H groups in total. The number of hydrogen-bond acceptors (Lipinski definition) is 3. The molecule has 3 amide bonds. The molecule has 29 heavy (non-hydrogen) atoms. The number of benzene rings is 3. The Morgan fingerprint density at radius 2 is 1.79 bits per heavy atom. The summed E-state index contributed by atoms with van der Waals surface area (Å²) in [4.78, 5) is 25.3. The van der Waals surface area contributed by atoms with Crippen molar-refractivity contribution in [1.82, 2.24) is 10.6 Å². The Morgan fingerprint density at radius 3 is 2.55 bits per heavy atom. The Balaban J connectivity index is 1.80. The van der Waals surface area contributed by atoms with Gasteiger partial charge >= 0.3 is 6.03 Å². The number of phenolic OH excluding ortho intramolecular Hbond substituents is 1. The molecule has 1 atom stereocenters. The summed E-state index contributed by atoms with van der Waals surface area (Å²) in [6.07, 6.45) is 0. The first-order valence-electron chi connectivity index (χ1n) is 9.00. The largest absolute Gasteiger partial charge is 0.508 e. The molecule has 4 rings (SSSR count). The molecule has 0 aliphatic carbocycles. The lowest BCUT2D eigenvalue weighted by Gasteiger charge is -2.30. The van der Waals surface area contributed by atoms with E-state index in [1.807, 2.05) is 36.4 Å². The lowest BCUT2D eigenvalue weighted by molar-refractivity contribution is -0.113. The molecule has 0 spiro atoms. The topological polar surface area (TPSA) is 90.5 Å². The summed E-state index contributed by atoms with van der Waals surface area (Å²) >= 11 is 3.37. The molecule has 0 bridgehead atoms. The zero-order valence-electron chi connectivity index (χ0n) is 15.5. The van der Waals surface area contributed by atoms with Gasteiger partial charge in [0.05, 0.1) is 11.6 Å². The lowest BCUT2D eigenvalue weighted by Crippen LogP contribution is -2.46. The van der Waals surface area contributed by atoms with E-state index in [9.17, 15) is 14.7 Å². The van der Waals surface area contributed by atoms with Gasteiger partial charge in [0.1, 0.15) is 5.75 Å². The number of nitrogens with one attached hydrogen (secondary N) is 3. The molecule has 3 aromatic carbocycles. The first-order chi connectivity index (χ1) is 13.9. The van der Waals surface area contributed by atoms with E-state index in [1.54, 1.807) is 31.2 Å². The maximum atomic E-state index is 13.1. The van der Waals surface area contributed by atoms with E-state index in [0.29, 0.717) is 22.5 Å². The molecule has 0 saturated heterocycles. The van der Waals surface area contributed by atoms with Gasteiger partial charge in [0, 0.05) is 21.4 Å². The van der Waals surface area contributed by atoms with E-state index < -0.39 is 12.1 Å². The van der Waals surface area contributed by atoms with Crippen LogP contribution in [-0.4, -0.2) is 17.0 Å². The third kappa shape index (κ3) is 3.69. The second-order valence-electron chi connectivity index (χ2n) is 6.75. The number of carbonyl (C=O) groups excluding carboxylic acids is 2. The average Bonchev–Trinajstić information content (AvgIpc) is 2.69. The maximum Gasteiger partial charge on any atom is 0.319 e. The number of hydrogen-bond donors (Lipinski definition) is 4. The number of allylic oxidation sites excluding steroid dienone is 1. The van der Waals surface area contributed by atoms with Crippen LogP contribution in [0.15, 0.2) is 76.4 Å². The third-order valence-corrected chi connectivity index (χ3v) is 5.38. The van der Waals surface area contributed by atoms with E-state index in [4.69, 9.17) is 0 Å². The molecule has 1 aliphatic heterocycles. The van der Waals surface area contributed by atoms with Gasteiger partial charge in [0.2, 0.25) is 0 Å². The minimum Gasteiger partial charge on any atom is -0.508 e. The molecule has 1 aliphatic rings. The zero-order chi connectivity index (χ0) is 20.5. The van der Waals surface area contributed by atoms with Gasteiger partial charge in [-0.25, -0.2) is 4.79 Å². The predicted octanol–water partition coefficient (Wildman–Crippen LogP) is 4.57. The number of rotatable bonds is 3. The zero-order valence-corrected chi connectivity index (χ0v) is 17.1. The van der Waals surface area contributed by atoms with E-state index in [-0.39, 0.29) is 11.7 Å². The number of phenols is 1. The van der Waals surface area contributed by atoms with E-state index in [2.05, 4.69) is 31.9 Å². The molecule has 0 fully saturated rings. The van der Waals surface area contributed by atoms with Gasteiger partial charge in [-0.2, -0.15) is 0 Å². The summed E-state index contributed by atoms with van der Waals surface area (Å²) in [5.41, 5.74) is 1.87. The van der Waals surface area contributed by atoms with Crippen molar-refractivity contribution in [3.63, 3.8) is 0 Å². The maximum absolute atomic E-state index is 13.1. The fraction of sp³-hybridized carbons (Fsp3) is 0.0909. The Hall–Kier alpha value is -3.32. The normalized spacial score (nSPS) is 16.3. The smallest absolute Gasteiger partial charge is 0.319 e. The van der Waals surface area contributed by atoms with Crippen LogP contribution in [-0.2, 0) is 4.79 Å². The summed E-state index contributed by atoms with van der Waals surface area (Å²) in [6, 6.07) is 16.9. The summed E-state index contributed by atoms with van der Waals surface area (Å²) in [5.74, 6) is -0.354. The van der Waals surface area contributed by atoms with Gasteiger partial charge in [-0.15, -0.1) is 0 Å². The van der Waals surface area contributed by atoms with E-state index >= 15 is 0 Å². The standard InChI is InChI=1S/C22H18BrN3O3/c1-12-18(21(28)25-15-9-7-14(23)8-10-15)20(26-22(29)24-12)19-16-5-3-2-4-13(16)6-11-17(19)27/h2-11,20,27H,1H3,(H,25,28)(H2,24,26,29)/t20-/m1/s1. The number of urea groups is 1. The van der Waals surface area contributed by atoms with Gasteiger partial charge in [-0.1, -0.05) is 46.3 Å². The van der Waals surface area contributed by atoms with Crippen molar-refractivity contribution in [1.29, 1.82) is 0 Å². The second-order valence-corrected chi connectivity index (χ2v) is 7.67. The second kappa shape index (κ2) is 7.60. The van der Waals surface area contributed by atoms with Crippen LogP contribution in [0.25, 0.3) is 10.8 Å². The molecular formula is C22H18BrN3O3. The monoisotopic (exact) mass is 451 g/mol. The van der Waals surface area contributed by atoms with Crippen LogP contribution in [0.3, 0.4) is 0 Å². The molecule has 146 valence electrons. The van der Waals surface area contributed by atoms with Crippen LogP contribution in [0.1, 0.15) is 18.5 Å². The van der Waals surface area contributed by atoms with Crippen molar-refractivity contribution >= 4 is 44.3 Å². The molecule has 0 saturated carbocycles. The van der Waals surface area contributed by atoms with Gasteiger partial charge in [-0.3, -0.25) is 4.79 Å². The average molecular weight is 452 g/mol. The molecule has 1 heterocycles. The first-order valence-corrected chi connectivity index (χ1v) is 9.79.